The third-order valence-corrected chi connectivity index (χ3v) is 4.26. The number of nitrogens with one attached hydrogen (secondary N) is 1. The first kappa shape index (κ1) is 20.6. The summed E-state index contributed by atoms with van der Waals surface area (Å²) >= 11 is 1.55. The molecule has 1 aliphatic rings. The lowest BCUT2D eigenvalue weighted by atomic mass is 9.94. The van der Waals surface area contributed by atoms with Crippen LogP contribution >= 0.6 is 11.8 Å². The van der Waals surface area contributed by atoms with Crippen LogP contribution in [0.2, 0.25) is 0 Å². The Kier molecular flexibility index (Phi) is 7.54. The van der Waals surface area contributed by atoms with Gasteiger partial charge in [-0.25, -0.2) is 9.59 Å². The third kappa shape index (κ3) is 5.40. The van der Waals surface area contributed by atoms with Gasteiger partial charge in [-0.05, 0) is 32.2 Å². The molecule has 2 heterocycles. The van der Waals surface area contributed by atoms with E-state index in [2.05, 4.69) is 15.0 Å². The molecule has 1 aromatic heterocycles. The first-order valence-corrected chi connectivity index (χ1v) is 9.56. The van der Waals surface area contributed by atoms with Crippen LogP contribution in [-0.2, 0) is 18.9 Å². The standard InChI is InChI=1S/C18H22N2O6S/c1-11-15(25-17(21)23-3)14(13-7-5-6-8-19-13)16(12(2)20-11)26-18(22)24-9-10-27-4/h5-8,14,20H,9-10H2,1-4H3. The van der Waals surface area contributed by atoms with Gasteiger partial charge in [-0.3, -0.25) is 4.98 Å². The van der Waals surface area contributed by atoms with Crippen molar-refractivity contribution in [3.63, 3.8) is 0 Å². The molecule has 0 spiro atoms. The summed E-state index contributed by atoms with van der Waals surface area (Å²) in [5.74, 6) is 0.426. The summed E-state index contributed by atoms with van der Waals surface area (Å²) in [6, 6.07) is 5.30. The van der Waals surface area contributed by atoms with Crippen molar-refractivity contribution in [3.05, 3.63) is 53.0 Å². The minimum Gasteiger partial charge on any atom is -0.437 e. The largest absolute Gasteiger partial charge is 0.513 e. The number of ether oxygens (including phenoxy) is 4. The van der Waals surface area contributed by atoms with Crippen molar-refractivity contribution < 1.29 is 28.5 Å². The zero-order chi connectivity index (χ0) is 19.8. The highest BCUT2D eigenvalue weighted by Gasteiger charge is 2.36. The Bertz CT molecular complexity index is 747. The summed E-state index contributed by atoms with van der Waals surface area (Å²) < 4.78 is 20.4. The van der Waals surface area contributed by atoms with Crippen LogP contribution in [0.1, 0.15) is 25.5 Å². The topological polar surface area (TPSA) is 96.0 Å². The molecule has 0 saturated heterocycles. The van der Waals surface area contributed by atoms with Crippen molar-refractivity contribution in [1.29, 1.82) is 0 Å². The average molecular weight is 394 g/mol. The Labute approximate surface area is 161 Å². The van der Waals surface area contributed by atoms with E-state index in [0.717, 1.165) is 0 Å². The molecular weight excluding hydrogens is 372 g/mol. The molecule has 1 unspecified atom stereocenters. The molecule has 2 rings (SSSR count). The summed E-state index contributed by atoms with van der Waals surface area (Å²) in [4.78, 5) is 28.1. The van der Waals surface area contributed by atoms with E-state index in [0.29, 0.717) is 22.8 Å². The number of methoxy groups -OCH3 is 1. The van der Waals surface area contributed by atoms with Crippen LogP contribution in [0.4, 0.5) is 9.59 Å². The maximum Gasteiger partial charge on any atom is 0.513 e. The molecule has 8 nitrogen and oxygen atoms in total. The Morgan fingerprint density at radius 3 is 2.37 bits per heavy atom. The van der Waals surface area contributed by atoms with E-state index in [1.54, 1.807) is 50.0 Å². The summed E-state index contributed by atoms with van der Waals surface area (Å²) in [6.45, 7) is 3.72. The molecule has 0 aliphatic carbocycles. The fraction of sp³-hybridized carbons (Fsp3) is 0.389. The first-order chi connectivity index (χ1) is 13.0. The Morgan fingerprint density at radius 1 is 1.15 bits per heavy atom. The molecule has 27 heavy (non-hydrogen) atoms. The minimum atomic E-state index is -0.881. The van der Waals surface area contributed by atoms with Gasteiger partial charge < -0.3 is 24.3 Å². The highest BCUT2D eigenvalue weighted by molar-refractivity contribution is 7.98. The smallest absolute Gasteiger partial charge is 0.437 e. The van der Waals surface area contributed by atoms with Crippen LogP contribution < -0.4 is 5.32 Å². The Hall–Kier alpha value is -2.68. The van der Waals surface area contributed by atoms with Crippen molar-refractivity contribution in [2.45, 2.75) is 19.8 Å². The van der Waals surface area contributed by atoms with E-state index >= 15 is 0 Å². The Balaban J connectivity index is 2.35. The fourth-order valence-corrected chi connectivity index (χ4v) is 2.75. The number of rotatable bonds is 6. The molecule has 0 saturated carbocycles. The quantitative estimate of drug-likeness (QED) is 0.574. The number of allylic oxidation sites excluding steroid dienone is 2. The van der Waals surface area contributed by atoms with Crippen LogP contribution in [0.15, 0.2) is 47.3 Å². The number of nitrogens with zero attached hydrogens (tertiary/aromatic N) is 1. The number of carbonyl (C=O) groups is 2. The highest BCUT2D eigenvalue weighted by Crippen LogP contribution is 2.38. The zero-order valence-electron chi connectivity index (χ0n) is 15.6. The van der Waals surface area contributed by atoms with Crippen LogP contribution in [0, 0.1) is 0 Å². The van der Waals surface area contributed by atoms with E-state index in [1.807, 2.05) is 6.26 Å². The number of hydrogen-bond donors (Lipinski definition) is 1. The maximum atomic E-state index is 12.1. The molecule has 0 amide bonds. The lowest BCUT2D eigenvalue weighted by Gasteiger charge is -2.29. The molecule has 1 aromatic rings. The van der Waals surface area contributed by atoms with Gasteiger partial charge in [0.15, 0.2) is 0 Å². The van der Waals surface area contributed by atoms with Gasteiger partial charge in [-0.2, -0.15) is 11.8 Å². The molecule has 146 valence electrons. The van der Waals surface area contributed by atoms with Gasteiger partial charge in [0.05, 0.1) is 24.2 Å². The van der Waals surface area contributed by atoms with E-state index < -0.39 is 18.2 Å². The van der Waals surface area contributed by atoms with Crippen molar-refractivity contribution in [1.82, 2.24) is 10.3 Å². The van der Waals surface area contributed by atoms with Gasteiger partial charge in [-0.1, -0.05) is 6.07 Å². The number of carbonyl (C=O) groups excluding carboxylic acids is 2. The number of aromatic nitrogens is 1. The van der Waals surface area contributed by atoms with Crippen LogP contribution in [0.25, 0.3) is 0 Å². The van der Waals surface area contributed by atoms with E-state index in [1.165, 1.54) is 7.11 Å². The van der Waals surface area contributed by atoms with Gasteiger partial charge in [0.1, 0.15) is 24.0 Å². The monoisotopic (exact) mass is 394 g/mol. The summed E-state index contributed by atoms with van der Waals surface area (Å²) in [7, 11) is 1.21. The predicted molar refractivity (Wildman–Crippen MR) is 99.8 cm³/mol. The second-order valence-corrected chi connectivity index (χ2v) is 6.53. The molecule has 9 heteroatoms. The fourth-order valence-electron chi connectivity index (χ4n) is 2.50. The van der Waals surface area contributed by atoms with Gasteiger partial charge in [0, 0.05) is 11.9 Å². The van der Waals surface area contributed by atoms with Crippen molar-refractivity contribution in [2.75, 3.05) is 25.7 Å². The molecule has 0 radical (unpaired) electrons. The van der Waals surface area contributed by atoms with Gasteiger partial charge in [-0.15, -0.1) is 0 Å². The maximum absolute atomic E-state index is 12.1. The van der Waals surface area contributed by atoms with Crippen molar-refractivity contribution in [2.24, 2.45) is 0 Å². The molecule has 0 aromatic carbocycles. The minimum absolute atomic E-state index is 0.231. The Morgan fingerprint density at radius 2 is 1.81 bits per heavy atom. The van der Waals surface area contributed by atoms with Crippen LogP contribution in [-0.4, -0.2) is 43.0 Å². The van der Waals surface area contributed by atoms with Gasteiger partial charge in [0.2, 0.25) is 0 Å². The van der Waals surface area contributed by atoms with Crippen molar-refractivity contribution in [3.8, 4) is 0 Å². The number of hydrogen-bond acceptors (Lipinski definition) is 9. The van der Waals surface area contributed by atoms with Crippen LogP contribution in [0.3, 0.4) is 0 Å². The summed E-state index contributed by atoms with van der Waals surface area (Å²) in [5, 5.41) is 3.04. The first-order valence-electron chi connectivity index (χ1n) is 8.16. The lowest BCUT2D eigenvalue weighted by molar-refractivity contribution is 0.0699. The number of thioether (sulfide) groups is 1. The molecule has 0 bridgehead atoms. The van der Waals surface area contributed by atoms with Gasteiger partial charge in [0.25, 0.3) is 0 Å². The van der Waals surface area contributed by atoms with E-state index in [-0.39, 0.29) is 18.1 Å². The number of dihydropyridines is 1. The molecule has 1 N–H and O–H groups in total. The van der Waals surface area contributed by atoms with Crippen LogP contribution in [0.5, 0.6) is 0 Å². The van der Waals surface area contributed by atoms with Gasteiger partial charge >= 0.3 is 12.3 Å². The summed E-state index contributed by atoms with van der Waals surface area (Å²) in [6.07, 6.45) is 1.80. The van der Waals surface area contributed by atoms with E-state index in [9.17, 15) is 9.59 Å². The normalized spacial score (nSPS) is 16.5. The lowest BCUT2D eigenvalue weighted by Crippen LogP contribution is -2.29. The molecule has 0 fully saturated rings. The van der Waals surface area contributed by atoms with Crippen molar-refractivity contribution >= 4 is 24.1 Å². The predicted octanol–water partition coefficient (Wildman–Crippen LogP) is 3.53. The number of pyridine rings is 1. The second-order valence-electron chi connectivity index (χ2n) is 5.54. The average Bonchev–Trinajstić information content (AvgIpc) is 2.66. The molecular formula is C18H22N2O6S. The molecule has 1 atom stereocenters. The highest BCUT2D eigenvalue weighted by atomic mass is 32.2. The molecule has 1 aliphatic heterocycles. The summed E-state index contributed by atoms with van der Waals surface area (Å²) in [5.41, 5.74) is 1.71. The SMILES string of the molecule is COC(=O)OC1=C(C)NC(C)=C(OC(=O)OCCSC)C1c1ccccn1. The second kappa shape index (κ2) is 9.86. The van der Waals surface area contributed by atoms with E-state index in [4.69, 9.17) is 14.2 Å². The third-order valence-electron chi connectivity index (χ3n) is 3.68. The zero-order valence-corrected chi connectivity index (χ0v) is 16.4.